The zero-order valence-corrected chi connectivity index (χ0v) is 12.7. The lowest BCUT2D eigenvalue weighted by atomic mass is 9.83. The smallest absolute Gasteiger partial charge is 0.240 e. The monoisotopic (exact) mass is 297 g/mol. The average molecular weight is 297 g/mol. The molecule has 0 atom stereocenters. The molecule has 1 saturated carbocycles. The molecule has 20 heavy (non-hydrogen) atoms. The van der Waals surface area contributed by atoms with Crippen molar-refractivity contribution in [2.75, 3.05) is 17.6 Å². The first kappa shape index (κ1) is 15.1. The van der Waals surface area contributed by atoms with E-state index >= 15 is 0 Å². The molecule has 1 aliphatic rings. The van der Waals surface area contributed by atoms with Gasteiger partial charge in [0.05, 0.1) is 11.4 Å². The van der Waals surface area contributed by atoms with Gasteiger partial charge in [0.1, 0.15) is 4.90 Å². The largest absolute Gasteiger partial charge is 0.396 e. The van der Waals surface area contributed by atoms with Crippen molar-refractivity contribution in [2.45, 2.75) is 43.9 Å². The lowest BCUT2D eigenvalue weighted by Gasteiger charge is -2.28. The van der Waals surface area contributed by atoms with E-state index < -0.39 is 10.0 Å². The van der Waals surface area contributed by atoms with E-state index in [1.54, 1.807) is 12.1 Å². The molecule has 0 bridgehead atoms. The van der Waals surface area contributed by atoms with Crippen LogP contribution in [-0.2, 0) is 10.0 Å². The zero-order chi connectivity index (χ0) is 14.8. The maximum absolute atomic E-state index is 11.5. The van der Waals surface area contributed by atoms with Gasteiger partial charge in [-0.3, -0.25) is 0 Å². The van der Waals surface area contributed by atoms with Crippen molar-refractivity contribution in [3.8, 4) is 0 Å². The van der Waals surface area contributed by atoms with Crippen molar-refractivity contribution >= 4 is 21.4 Å². The van der Waals surface area contributed by atoms with Gasteiger partial charge in [-0.2, -0.15) is 0 Å². The van der Waals surface area contributed by atoms with Crippen molar-refractivity contribution in [2.24, 2.45) is 10.6 Å². The van der Waals surface area contributed by atoms with E-state index in [1.165, 1.54) is 31.7 Å². The van der Waals surface area contributed by atoms with Crippen LogP contribution < -0.4 is 16.2 Å². The fourth-order valence-corrected chi connectivity index (χ4v) is 3.69. The second-order valence-corrected chi connectivity index (χ2v) is 7.21. The molecule has 0 heterocycles. The van der Waals surface area contributed by atoms with Gasteiger partial charge in [-0.1, -0.05) is 25.8 Å². The topological polar surface area (TPSA) is 98.2 Å². The quantitative estimate of drug-likeness (QED) is 0.726. The number of anilines is 2. The summed E-state index contributed by atoms with van der Waals surface area (Å²) in [5.41, 5.74) is 7.08. The number of rotatable bonds is 5. The highest BCUT2D eigenvalue weighted by molar-refractivity contribution is 7.89. The number of hydrogen-bond donors (Lipinski definition) is 3. The van der Waals surface area contributed by atoms with Crippen LogP contribution in [0.2, 0.25) is 0 Å². The molecule has 2 rings (SSSR count). The van der Waals surface area contributed by atoms with Crippen molar-refractivity contribution < 1.29 is 8.42 Å². The fourth-order valence-electron chi connectivity index (χ4n) is 3.01. The number of nitrogens with two attached hydrogens (primary N) is 2. The summed E-state index contributed by atoms with van der Waals surface area (Å²) >= 11 is 0. The summed E-state index contributed by atoms with van der Waals surface area (Å²) in [6.07, 6.45) is 6.08. The van der Waals surface area contributed by atoms with Crippen LogP contribution in [0.5, 0.6) is 0 Å². The Labute approximate surface area is 120 Å². The molecule has 5 N–H and O–H groups in total. The number of sulfonamides is 1. The van der Waals surface area contributed by atoms with Gasteiger partial charge in [0.25, 0.3) is 0 Å². The molecular weight excluding hydrogens is 274 g/mol. The standard InChI is InChI=1S/C14H23N3O2S/c1-2-14(8-3-4-9-14)10-17-11-6-5-7-12(13(11)15)20(16,18)19/h5-7,17H,2-4,8-10,15H2,1H3,(H2,16,18,19). The molecule has 0 spiro atoms. The third-order valence-electron chi connectivity index (χ3n) is 4.44. The Morgan fingerprint density at radius 2 is 1.95 bits per heavy atom. The van der Waals surface area contributed by atoms with Gasteiger partial charge in [0.15, 0.2) is 0 Å². The molecule has 112 valence electrons. The summed E-state index contributed by atoms with van der Waals surface area (Å²) in [5, 5.41) is 8.48. The summed E-state index contributed by atoms with van der Waals surface area (Å²) in [6.45, 7) is 3.03. The van der Waals surface area contributed by atoms with Gasteiger partial charge in [-0.25, -0.2) is 13.6 Å². The van der Waals surface area contributed by atoms with Crippen molar-refractivity contribution in [3.63, 3.8) is 0 Å². The summed E-state index contributed by atoms with van der Waals surface area (Å²) < 4.78 is 22.9. The van der Waals surface area contributed by atoms with Crippen LogP contribution in [0.1, 0.15) is 39.0 Å². The Kier molecular flexibility index (Phi) is 4.25. The molecule has 1 aromatic carbocycles. The minimum absolute atomic E-state index is 0.0144. The molecule has 1 fully saturated rings. The van der Waals surface area contributed by atoms with E-state index in [9.17, 15) is 8.42 Å². The maximum Gasteiger partial charge on any atom is 0.240 e. The lowest BCUT2D eigenvalue weighted by molar-refractivity contribution is 0.307. The lowest BCUT2D eigenvalue weighted by Crippen LogP contribution is -2.26. The molecule has 0 aliphatic heterocycles. The van der Waals surface area contributed by atoms with Crippen LogP contribution in [-0.4, -0.2) is 15.0 Å². The second-order valence-electron chi connectivity index (χ2n) is 5.68. The van der Waals surface area contributed by atoms with Crippen molar-refractivity contribution in [1.82, 2.24) is 0 Å². The highest BCUT2D eigenvalue weighted by atomic mass is 32.2. The number of nitrogen functional groups attached to an aromatic ring is 1. The second kappa shape index (κ2) is 5.61. The molecule has 0 aromatic heterocycles. The van der Waals surface area contributed by atoms with Gasteiger partial charge in [-0.05, 0) is 36.8 Å². The summed E-state index contributed by atoms with van der Waals surface area (Å²) in [5.74, 6) is 0. The van der Waals surface area contributed by atoms with Crippen molar-refractivity contribution in [3.05, 3.63) is 18.2 Å². The molecular formula is C14H23N3O2S. The highest BCUT2D eigenvalue weighted by Crippen LogP contribution is 2.41. The van der Waals surface area contributed by atoms with Gasteiger partial charge < -0.3 is 11.1 Å². The number of hydrogen-bond acceptors (Lipinski definition) is 4. The van der Waals surface area contributed by atoms with E-state index in [0.717, 1.165) is 13.0 Å². The van der Waals surface area contributed by atoms with Gasteiger partial charge in [0.2, 0.25) is 10.0 Å². The Bertz CT molecular complexity index is 578. The van der Waals surface area contributed by atoms with Crippen molar-refractivity contribution in [1.29, 1.82) is 0 Å². The molecule has 5 nitrogen and oxygen atoms in total. The Hall–Kier alpha value is -1.27. The van der Waals surface area contributed by atoms with Crippen LogP contribution in [0.25, 0.3) is 0 Å². The maximum atomic E-state index is 11.5. The number of nitrogens with one attached hydrogen (secondary N) is 1. The van der Waals surface area contributed by atoms with E-state index in [2.05, 4.69) is 12.2 Å². The number of benzene rings is 1. The molecule has 0 radical (unpaired) electrons. The number of para-hydroxylation sites is 1. The van der Waals surface area contributed by atoms with E-state index in [0.29, 0.717) is 11.1 Å². The van der Waals surface area contributed by atoms with Gasteiger partial charge >= 0.3 is 0 Å². The van der Waals surface area contributed by atoms with Crippen LogP contribution >= 0.6 is 0 Å². The average Bonchev–Trinajstić information content (AvgIpc) is 2.85. The molecule has 0 saturated heterocycles. The Balaban J connectivity index is 2.18. The van der Waals surface area contributed by atoms with E-state index in [1.807, 2.05) is 0 Å². The third-order valence-corrected chi connectivity index (χ3v) is 5.41. The zero-order valence-electron chi connectivity index (χ0n) is 11.9. The van der Waals surface area contributed by atoms with Crippen LogP contribution in [0.4, 0.5) is 11.4 Å². The molecule has 0 unspecified atom stereocenters. The Morgan fingerprint density at radius 1 is 1.30 bits per heavy atom. The predicted molar refractivity (Wildman–Crippen MR) is 81.9 cm³/mol. The van der Waals surface area contributed by atoms with E-state index in [4.69, 9.17) is 10.9 Å². The van der Waals surface area contributed by atoms with E-state index in [-0.39, 0.29) is 10.6 Å². The minimum Gasteiger partial charge on any atom is -0.396 e. The molecule has 6 heteroatoms. The first-order valence-electron chi connectivity index (χ1n) is 7.03. The molecule has 1 aromatic rings. The van der Waals surface area contributed by atoms with Crippen LogP contribution in [0.15, 0.2) is 23.1 Å². The first-order valence-corrected chi connectivity index (χ1v) is 8.58. The third kappa shape index (κ3) is 3.07. The predicted octanol–water partition coefficient (Wildman–Crippen LogP) is 2.30. The fraction of sp³-hybridized carbons (Fsp3) is 0.571. The SMILES string of the molecule is CCC1(CNc2cccc(S(N)(=O)=O)c2N)CCCC1. The highest BCUT2D eigenvalue weighted by Gasteiger charge is 2.31. The van der Waals surface area contributed by atoms with Gasteiger partial charge in [0, 0.05) is 6.54 Å². The Morgan fingerprint density at radius 3 is 2.50 bits per heavy atom. The minimum atomic E-state index is -3.78. The first-order chi connectivity index (χ1) is 9.38. The summed E-state index contributed by atoms with van der Waals surface area (Å²) in [6, 6.07) is 4.88. The van der Waals surface area contributed by atoms with Crippen LogP contribution in [0, 0.1) is 5.41 Å². The normalized spacial score (nSPS) is 18.1. The molecule has 1 aliphatic carbocycles. The summed E-state index contributed by atoms with van der Waals surface area (Å²) in [4.78, 5) is -0.0144. The van der Waals surface area contributed by atoms with Crippen LogP contribution in [0.3, 0.4) is 0 Å². The van der Waals surface area contributed by atoms with Gasteiger partial charge in [-0.15, -0.1) is 0 Å². The summed E-state index contributed by atoms with van der Waals surface area (Å²) in [7, 11) is -3.78. The number of primary sulfonamides is 1. The molecule has 0 amide bonds.